The monoisotopic (exact) mass is 590 g/mol. The summed E-state index contributed by atoms with van der Waals surface area (Å²) in [6, 6.07) is -6.04. The number of aliphatic imine (C=N–C) groups is 1. The summed E-state index contributed by atoms with van der Waals surface area (Å²) in [5, 5.41) is 26.3. The van der Waals surface area contributed by atoms with Gasteiger partial charge >= 0.3 is 11.9 Å². The number of nitrogens with one attached hydrogen (secondary N) is 3. The van der Waals surface area contributed by atoms with Gasteiger partial charge in [-0.25, -0.2) is 4.79 Å². The maximum Gasteiger partial charge on any atom is 0.327 e. The third-order valence-corrected chi connectivity index (χ3v) is 8.36. The first-order valence-electron chi connectivity index (χ1n) is 12.1. The van der Waals surface area contributed by atoms with Gasteiger partial charge in [0.05, 0.1) is 12.5 Å². The smallest absolute Gasteiger partial charge is 0.327 e. The molecule has 0 saturated carbocycles. The second-order valence-electron chi connectivity index (χ2n) is 8.93. The lowest BCUT2D eigenvalue weighted by molar-refractivity contribution is -0.147. The number of rotatable bonds is 9. The molecule has 2 saturated heterocycles. The Morgan fingerprint density at radius 2 is 1.79 bits per heavy atom. The van der Waals surface area contributed by atoms with Crippen molar-refractivity contribution in [3.63, 3.8) is 0 Å². The Morgan fingerprint density at radius 1 is 1.10 bits per heavy atom. The number of carboxylic acid groups (broad SMARTS) is 2. The Balaban J connectivity index is 2.25. The molecule has 0 aromatic carbocycles. The lowest BCUT2D eigenvalue weighted by Gasteiger charge is -2.30. The van der Waals surface area contributed by atoms with Gasteiger partial charge in [0, 0.05) is 24.6 Å². The third kappa shape index (κ3) is 10.1. The normalized spacial score (nSPS) is 25.4. The van der Waals surface area contributed by atoms with Crippen LogP contribution in [-0.4, -0.2) is 111 Å². The van der Waals surface area contributed by atoms with E-state index in [1.165, 1.54) is 0 Å². The minimum atomic E-state index is -1.52. The standard InChI is InChI=1S/C21H34N8O8S2/c22-10(3-1-5-25-21(23)24)16(32)27-12-8-38-39-9-13(20(36)37)28-18(34)14-4-2-6-29(14)19(35)11(7-15(30)31)26-17(12)33/h10-14H,1-9,22H2,(H,26,33)(H,27,32)(H,28,34)(H,30,31)(H,36,37)(H4,23,24,25). The Labute approximate surface area is 232 Å². The minimum absolute atomic E-state index is 0.0549. The zero-order valence-electron chi connectivity index (χ0n) is 21.0. The fraction of sp³-hybridized carbons (Fsp3) is 0.667. The largest absolute Gasteiger partial charge is 0.481 e. The molecule has 0 radical (unpaired) electrons. The summed E-state index contributed by atoms with van der Waals surface area (Å²) >= 11 is 0. The van der Waals surface area contributed by atoms with E-state index in [0.29, 0.717) is 12.8 Å². The molecule has 0 bridgehead atoms. The number of hydrogen-bond donors (Lipinski definition) is 8. The quantitative estimate of drug-likeness (QED) is 0.0568. The Hall–Kier alpha value is -3.25. The Kier molecular flexibility index (Phi) is 12.6. The Bertz CT molecular complexity index is 980. The van der Waals surface area contributed by atoms with Crippen molar-refractivity contribution in [3.8, 4) is 0 Å². The highest BCUT2D eigenvalue weighted by molar-refractivity contribution is 8.76. The van der Waals surface area contributed by atoms with E-state index >= 15 is 0 Å². The molecule has 2 rings (SSSR count). The van der Waals surface area contributed by atoms with Crippen LogP contribution in [0.25, 0.3) is 0 Å². The van der Waals surface area contributed by atoms with Gasteiger partial charge in [0.15, 0.2) is 5.96 Å². The molecule has 0 aliphatic carbocycles. The molecule has 2 aliphatic rings. The van der Waals surface area contributed by atoms with Crippen molar-refractivity contribution in [2.45, 2.75) is 62.3 Å². The molecular formula is C21H34N8O8S2. The number of carboxylic acids is 2. The second-order valence-corrected chi connectivity index (χ2v) is 11.5. The molecule has 5 unspecified atom stereocenters. The topological polar surface area (TPSA) is 273 Å². The van der Waals surface area contributed by atoms with Crippen LogP contribution in [0.3, 0.4) is 0 Å². The van der Waals surface area contributed by atoms with E-state index < -0.39 is 72.2 Å². The van der Waals surface area contributed by atoms with Crippen LogP contribution in [0.5, 0.6) is 0 Å². The van der Waals surface area contributed by atoms with Crippen molar-refractivity contribution in [2.24, 2.45) is 22.2 Å². The summed E-state index contributed by atoms with van der Waals surface area (Å²) in [5.74, 6) is -5.82. The van der Waals surface area contributed by atoms with E-state index in [4.69, 9.17) is 17.2 Å². The molecule has 0 aromatic rings. The van der Waals surface area contributed by atoms with E-state index in [1.807, 2.05) is 0 Å². The first-order chi connectivity index (χ1) is 18.4. The van der Waals surface area contributed by atoms with E-state index in [0.717, 1.165) is 26.5 Å². The fourth-order valence-electron chi connectivity index (χ4n) is 3.94. The van der Waals surface area contributed by atoms with E-state index in [2.05, 4.69) is 20.9 Å². The summed E-state index contributed by atoms with van der Waals surface area (Å²) in [6.45, 7) is 0.373. The summed E-state index contributed by atoms with van der Waals surface area (Å²) in [6.07, 6.45) is 0.511. The average molecular weight is 591 g/mol. The molecule has 218 valence electrons. The molecular weight excluding hydrogens is 556 g/mol. The molecule has 16 nitrogen and oxygen atoms in total. The molecule has 4 amide bonds. The number of nitrogens with two attached hydrogens (primary N) is 3. The van der Waals surface area contributed by atoms with E-state index in [9.17, 15) is 39.0 Å². The SMILES string of the molecule is NC(N)=NCCCC(N)C(=O)NC1CSSCC(C(=O)O)NC(=O)C2CCCN2C(=O)C(CC(=O)O)NC1=O. The second kappa shape index (κ2) is 15.4. The predicted molar refractivity (Wildman–Crippen MR) is 143 cm³/mol. The van der Waals surface area contributed by atoms with Crippen molar-refractivity contribution in [3.05, 3.63) is 0 Å². The zero-order chi connectivity index (χ0) is 29.1. The van der Waals surface area contributed by atoms with Crippen LogP contribution in [0, 0.1) is 0 Å². The maximum atomic E-state index is 13.3. The maximum absolute atomic E-state index is 13.3. The van der Waals surface area contributed by atoms with Gasteiger partial charge < -0.3 is 48.3 Å². The molecule has 2 fully saturated rings. The molecule has 39 heavy (non-hydrogen) atoms. The van der Waals surface area contributed by atoms with Crippen LogP contribution in [0.2, 0.25) is 0 Å². The van der Waals surface area contributed by atoms with E-state index in [-0.39, 0.29) is 43.4 Å². The summed E-state index contributed by atoms with van der Waals surface area (Å²) in [4.78, 5) is 80.1. The number of aliphatic carboxylic acids is 2. The zero-order valence-corrected chi connectivity index (χ0v) is 22.7. The van der Waals surface area contributed by atoms with Gasteiger partial charge in [-0.2, -0.15) is 0 Å². The van der Waals surface area contributed by atoms with Crippen molar-refractivity contribution in [1.82, 2.24) is 20.9 Å². The van der Waals surface area contributed by atoms with Crippen molar-refractivity contribution < 1.29 is 39.0 Å². The number of hydrogen-bond acceptors (Lipinski definition) is 10. The highest BCUT2D eigenvalue weighted by atomic mass is 33.1. The molecule has 11 N–H and O–H groups in total. The van der Waals surface area contributed by atoms with Gasteiger partial charge in [0.2, 0.25) is 23.6 Å². The van der Waals surface area contributed by atoms with Crippen LogP contribution in [-0.2, 0) is 28.8 Å². The highest BCUT2D eigenvalue weighted by Crippen LogP contribution is 2.25. The number of carbonyl (C=O) groups excluding carboxylic acids is 4. The third-order valence-electron chi connectivity index (χ3n) is 5.94. The number of carbonyl (C=O) groups is 6. The van der Waals surface area contributed by atoms with Crippen LogP contribution in [0.1, 0.15) is 32.1 Å². The minimum Gasteiger partial charge on any atom is -0.481 e. The van der Waals surface area contributed by atoms with Crippen LogP contribution >= 0.6 is 21.6 Å². The van der Waals surface area contributed by atoms with Gasteiger partial charge in [-0.15, -0.1) is 0 Å². The molecule has 2 aliphatic heterocycles. The van der Waals surface area contributed by atoms with Crippen molar-refractivity contribution >= 4 is 63.1 Å². The van der Waals surface area contributed by atoms with Gasteiger partial charge in [-0.1, -0.05) is 21.6 Å². The molecule has 0 aromatic heterocycles. The van der Waals surface area contributed by atoms with Gasteiger partial charge in [0.25, 0.3) is 0 Å². The highest BCUT2D eigenvalue weighted by Gasteiger charge is 2.40. The lowest BCUT2D eigenvalue weighted by Crippen LogP contribution is -2.59. The fourth-order valence-corrected chi connectivity index (χ4v) is 6.26. The first kappa shape index (κ1) is 32.0. The Morgan fingerprint density at radius 3 is 2.44 bits per heavy atom. The van der Waals surface area contributed by atoms with Gasteiger partial charge in [0.1, 0.15) is 24.2 Å². The summed E-state index contributed by atoms with van der Waals surface area (Å²) in [7, 11) is 2.12. The van der Waals surface area contributed by atoms with Gasteiger partial charge in [-0.05, 0) is 25.7 Å². The number of amides is 4. The predicted octanol–water partition coefficient (Wildman–Crippen LogP) is -3.23. The summed E-state index contributed by atoms with van der Waals surface area (Å²) in [5.41, 5.74) is 16.5. The summed E-state index contributed by atoms with van der Waals surface area (Å²) < 4.78 is 0. The van der Waals surface area contributed by atoms with Crippen LogP contribution in [0.4, 0.5) is 0 Å². The van der Waals surface area contributed by atoms with Crippen LogP contribution < -0.4 is 33.2 Å². The molecule has 0 spiro atoms. The van der Waals surface area contributed by atoms with Crippen molar-refractivity contribution in [2.75, 3.05) is 24.6 Å². The average Bonchev–Trinajstić information content (AvgIpc) is 3.35. The number of nitrogens with zero attached hydrogens (tertiary/aromatic N) is 2. The van der Waals surface area contributed by atoms with Crippen molar-refractivity contribution in [1.29, 1.82) is 0 Å². The molecule has 2 heterocycles. The lowest BCUT2D eigenvalue weighted by atomic mass is 10.1. The van der Waals surface area contributed by atoms with E-state index in [1.54, 1.807) is 0 Å². The molecule has 18 heteroatoms. The first-order valence-corrected chi connectivity index (χ1v) is 14.6. The molecule has 5 atom stereocenters. The number of guanidine groups is 1. The van der Waals surface area contributed by atoms with Gasteiger partial charge in [-0.3, -0.25) is 29.0 Å². The van der Waals surface area contributed by atoms with Crippen LogP contribution in [0.15, 0.2) is 4.99 Å². The number of fused-ring (bicyclic) bond motifs is 1.